The first-order chi connectivity index (χ1) is 19.6. The van der Waals surface area contributed by atoms with E-state index in [2.05, 4.69) is 83.8 Å². The van der Waals surface area contributed by atoms with Crippen molar-refractivity contribution in [2.45, 2.75) is 19.1 Å². The van der Waals surface area contributed by atoms with E-state index in [4.69, 9.17) is 4.98 Å². The van der Waals surface area contributed by atoms with Crippen LogP contribution in [0, 0.1) is 0 Å². The fourth-order valence-electron chi connectivity index (χ4n) is 5.26. The fourth-order valence-corrected chi connectivity index (χ4v) is 5.26. The number of fused-ring (bicyclic) bond motifs is 1. The van der Waals surface area contributed by atoms with Crippen LogP contribution in [0.2, 0.25) is 0 Å². The van der Waals surface area contributed by atoms with Crippen molar-refractivity contribution >= 4 is 12.4 Å². The summed E-state index contributed by atoms with van der Waals surface area (Å²) in [4.78, 5) is 21.2. The molecule has 0 aliphatic carbocycles. The van der Waals surface area contributed by atoms with Crippen LogP contribution in [-0.2, 0) is 17.9 Å². The average Bonchev–Trinajstić information content (AvgIpc) is 3.53. The number of pyridine rings is 1. The van der Waals surface area contributed by atoms with Crippen LogP contribution in [0.15, 0.2) is 110 Å². The molecule has 0 N–H and O–H groups in total. The van der Waals surface area contributed by atoms with Crippen molar-refractivity contribution in [3.05, 3.63) is 132 Å². The molecular formula is C34H31N5O. The summed E-state index contributed by atoms with van der Waals surface area (Å²) < 4.78 is 1.87. The third-order valence-electron chi connectivity index (χ3n) is 7.36. The third-order valence-corrected chi connectivity index (χ3v) is 7.36. The standard InChI is InChI=1S/C34H31N5O/c1-37(23-26-11-15-29(16-12-26)39-19-6-18-35-39)22-25-9-13-28(14-10-25)34-30(27-7-4-3-5-8-27)21-31-32(36-34)17-20-38(2)33(31)24-40/h3-21,24,33H,22-23H2,1-2H3. The lowest BCUT2D eigenvalue weighted by Crippen LogP contribution is -2.24. The van der Waals surface area contributed by atoms with Crippen LogP contribution in [0.1, 0.15) is 28.4 Å². The van der Waals surface area contributed by atoms with Crippen molar-refractivity contribution in [3.8, 4) is 28.1 Å². The quantitative estimate of drug-likeness (QED) is 0.220. The Labute approximate surface area is 234 Å². The van der Waals surface area contributed by atoms with Crippen molar-refractivity contribution in [2.24, 2.45) is 0 Å². The highest BCUT2D eigenvalue weighted by Crippen LogP contribution is 2.37. The van der Waals surface area contributed by atoms with E-state index in [-0.39, 0.29) is 6.04 Å². The Hall–Kier alpha value is -4.81. The highest BCUT2D eigenvalue weighted by Gasteiger charge is 2.24. The van der Waals surface area contributed by atoms with Gasteiger partial charge in [0.15, 0.2) is 0 Å². The number of aromatic nitrogens is 3. The summed E-state index contributed by atoms with van der Waals surface area (Å²) >= 11 is 0. The molecule has 0 radical (unpaired) electrons. The molecule has 5 aromatic rings. The molecule has 0 saturated heterocycles. The third kappa shape index (κ3) is 5.22. The first-order valence-corrected chi connectivity index (χ1v) is 13.4. The molecule has 6 rings (SSSR count). The molecule has 3 heterocycles. The smallest absolute Gasteiger partial charge is 0.147 e. The Morgan fingerprint density at radius 1 is 0.875 bits per heavy atom. The molecule has 0 fully saturated rings. The highest BCUT2D eigenvalue weighted by molar-refractivity contribution is 5.84. The molecule has 1 aliphatic rings. The predicted octanol–water partition coefficient (Wildman–Crippen LogP) is 6.39. The van der Waals surface area contributed by atoms with Gasteiger partial charge >= 0.3 is 0 Å². The van der Waals surface area contributed by atoms with Gasteiger partial charge in [0.05, 0.1) is 17.1 Å². The van der Waals surface area contributed by atoms with Gasteiger partial charge in [-0.25, -0.2) is 9.67 Å². The van der Waals surface area contributed by atoms with Crippen LogP contribution in [0.3, 0.4) is 0 Å². The Bertz CT molecular complexity index is 1630. The lowest BCUT2D eigenvalue weighted by Gasteiger charge is -2.28. The van der Waals surface area contributed by atoms with Crippen molar-refractivity contribution in [1.82, 2.24) is 24.6 Å². The molecular weight excluding hydrogens is 494 g/mol. The average molecular weight is 526 g/mol. The Morgan fingerprint density at radius 2 is 1.57 bits per heavy atom. The number of likely N-dealkylation sites (N-methyl/N-ethyl adjacent to an activating group) is 1. The van der Waals surface area contributed by atoms with E-state index in [0.717, 1.165) is 58.7 Å². The summed E-state index contributed by atoms with van der Waals surface area (Å²) in [5.74, 6) is 0. The number of carbonyl (C=O) groups is 1. The maximum atomic E-state index is 11.9. The summed E-state index contributed by atoms with van der Waals surface area (Å²) in [7, 11) is 4.06. The second-order valence-electron chi connectivity index (χ2n) is 10.3. The highest BCUT2D eigenvalue weighted by atomic mass is 16.1. The topological polar surface area (TPSA) is 54.3 Å². The maximum absolute atomic E-state index is 11.9. The molecule has 198 valence electrons. The van der Waals surface area contributed by atoms with Crippen molar-refractivity contribution in [1.29, 1.82) is 0 Å². The fraction of sp³-hybridized carbons (Fsp3) is 0.147. The van der Waals surface area contributed by atoms with Crippen LogP contribution in [0.25, 0.3) is 34.1 Å². The minimum atomic E-state index is -0.344. The zero-order valence-electron chi connectivity index (χ0n) is 22.7. The maximum Gasteiger partial charge on any atom is 0.147 e. The first-order valence-electron chi connectivity index (χ1n) is 13.4. The van der Waals surface area contributed by atoms with Crippen molar-refractivity contribution in [3.63, 3.8) is 0 Å². The van der Waals surface area contributed by atoms with Crippen LogP contribution >= 0.6 is 0 Å². The number of aldehydes is 1. The van der Waals surface area contributed by atoms with Gasteiger partial charge in [-0.15, -0.1) is 0 Å². The van der Waals surface area contributed by atoms with E-state index in [0.29, 0.717) is 0 Å². The monoisotopic (exact) mass is 525 g/mol. The Morgan fingerprint density at radius 3 is 2.23 bits per heavy atom. The van der Waals surface area contributed by atoms with Crippen LogP contribution in [-0.4, -0.2) is 44.9 Å². The number of benzene rings is 3. The van der Waals surface area contributed by atoms with Gasteiger partial charge in [-0.05, 0) is 54.1 Å². The normalized spacial score (nSPS) is 14.4. The van der Waals surface area contributed by atoms with E-state index < -0.39 is 0 Å². The molecule has 6 heteroatoms. The number of hydrogen-bond donors (Lipinski definition) is 0. The number of nitrogens with zero attached hydrogens (tertiary/aromatic N) is 5. The molecule has 1 unspecified atom stereocenters. The largest absolute Gasteiger partial charge is 0.367 e. The molecule has 6 nitrogen and oxygen atoms in total. The molecule has 40 heavy (non-hydrogen) atoms. The summed E-state index contributed by atoms with van der Waals surface area (Å²) in [5.41, 5.74) is 9.40. The summed E-state index contributed by atoms with van der Waals surface area (Å²) in [5, 5.41) is 4.30. The second-order valence-corrected chi connectivity index (χ2v) is 10.3. The van der Waals surface area contributed by atoms with Gasteiger partial charge in [-0.1, -0.05) is 66.7 Å². The number of carbonyl (C=O) groups excluding carboxylic acids is 1. The molecule has 0 bridgehead atoms. The molecule has 3 aromatic carbocycles. The SMILES string of the molecule is CN(Cc1ccc(-c2nc3c(cc2-c2ccccc2)C(C=O)N(C)C=C3)cc1)Cc1ccc(-n2cccn2)cc1. The van der Waals surface area contributed by atoms with Gasteiger partial charge in [0.2, 0.25) is 0 Å². The van der Waals surface area contributed by atoms with E-state index in [9.17, 15) is 4.79 Å². The van der Waals surface area contributed by atoms with E-state index in [1.807, 2.05) is 59.4 Å². The van der Waals surface area contributed by atoms with Gasteiger partial charge in [0.1, 0.15) is 12.3 Å². The Balaban J connectivity index is 1.23. The van der Waals surface area contributed by atoms with Crippen molar-refractivity contribution in [2.75, 3.05) is 14.1 Å². The Kier molecular flexibility index (Phi) is 7.08. The lowest BCUT2D eigenvalue weighted by molar-refractivity contribution is -0.111. The van der Waals surface area contributed by atoms with Crippen LogP contribution in [0.4, 0.5) is 0 Å². The van der Waals surface area contributed by atoms with E-state index >= 15 is 0 Å². The van der Waals surface area contributed by atoms with E-state index in [1.165, 1.54) is 11.1 Å². The molecule has 2 aromatic heterocycles. The molecule has 1 aliphatic heterocycles. The van der Waals surface area contributed by atoms with Gasteiger partial charge in [0.25, 0.3) is 0 Å². The predicted molar refractivity (Wildman–Crippen MR) is 159 cm³/mol. The number of rotatable bonds is 8. The summed E-state index contributed by atoms with van der Waals surface area (Å²) in [6, 6.07) is 31.2. The van der Waals surface area contributed by atoms with Crippen LogP contribution < -0.4 is 0 Å². The first kappa shape index (κ1) is 25.5. The van der Waals surface area contributed by atoms with Crippen LogP contribution in [0.5, 0.6) is 0 Å². The van der Waals surface area contributed by atoms with Gasteiger partial charge < -0.3 is 9.69 Å². The molecule has 0 spiro atoms. The molecule has 0 amide bonds. The van der Waals surface area contributed by atoms with Gasteiger partial charge in [0, 0.05) is 55.4 Å². The number of hydrogen-bond acceptors (Lipinski definition) is 5. The summed E-state index contributed by atoms with van der Waals surface area (Å²) in [6.45, 7) is 1.69. The zero-order valence-corrected chi connectivity index (χ0v) is 22.7. The molecule has 1 atom stereocenters. The van der Waals surface area contributed by atoms with Gasteiger partial charge in [-0.2, -0.15) is 5.10 Å². The van der Waals surface area contributed by atoms with Crippen molar-refractivity contribution < 1.29 is 4.79 Å². The zero-order chi connectivity index (χ0) is 27.5. The van der Waals surface area contributed by atoms with Gasteiger partial charge in [-0.3, -0.25) is 4.90 Å². The molecule has 0 saturated carbocycles. The second kappa shape index (κ2) is 11.1. The minimum absolute atomic E-state index is 0.344. The van der Waals surface area contributed by atoms with E-state index in [1.54, 1.807) is 6.20 Å². The summed E-state index contributed by atoms with van der Waals surface area (Å²) in [6.07, 6.45) is 8.63. The minimum Gasteiger partial charge on any atom is -0.367 e. The lowest BCUT2D eigenvalue weighted by atomic mass is 9.92.